The Kier molecular flexibility index (Phi) is 4.17. The van der Waals surface area contributed by atoms with Gasteiger partial charge in [0.25, 0.3) is 0 Å². The Balaban J connectivity index is 1.76. The van der Waals surface area contributed by atoms with Crippen LogP contribution in [0.25, 0.3) is 22.0 Å². The van der Waals surface area contributed by atoms with Gasteiger partial charge in [-0.15, -0.1) is 0 Å². The third-order valence-corrected chi connectivity index (χ3v) is 4.36. The number of hydrogen-bond donors (Lipinski definition) is 1. The smallest absolute Gasteiger partial charge is 0.134 e. The molecule has 0 fully saturated rings. The molecular weight excluding hydrogens is 304 g/mol. The first-order chi connectivity index (χ1) is 12.3. The van der Waals surface area contributed by atoms with Gasteiger partial charge in [-0.25, -0.2) is 4.98 Å². The van der Waals surface area contributed by atoms with Crippen molar-refractivity contribution in [2.45, 2.75) is 13.5 Å². The van der Waals surface area contributed by atoms with Crippen LogP contribution < -0.4 is 5.32 Å². The fraction of sp³-hybridized carbons (Fsp3) is 0.0870. The minimum atomic E-state index is 0.759. The molecule has 0 aliphatic rings. The molecule has 122 valence electrons. The Labute approximate surface area is 148 Å². The van der Waals surface area contributed by atoms with Crippen molar-refractivity contribution >= 4 is 16.6 Å². The van der Waals surface area contributed by atoms with Gasteiger partial charge in [0.1, 0.15) is 5.82 Å². The number of nitrogens with one attached hydrogen (secondary N) is 1. The molecule has 0 unspecified atom stereocenters. The van der Waals surface area contributed by atoms with Crippen molar-refractivity contribution in [1.82, 2.24) is 4.98 Å². The van der Waals surface area contributed by atoms with Crippen molar-refractivity contribution in [3.8, 4) is 11.3 Å². The molecule has 0 atom stereocenters. The van der Waals surface area contributed by atoms with Gasteiger partial charge in [-0.1, -0.05) is 78.4 Å². The van der Waals surface area contributed by atoms with E-state index in [4.69, 9.17) is 4.98 Å². The summed E-state index contributed by atoms with van der Waals surface area (Å²) in [5, 5.41) is 5.86. The van der Waals surface area contributed by atoms with E-state index in [1.54, 1.807) is 0 Å². The van der Waals surface area contributed by atoms with Crippen LogP contribution in [0, 0.1) is 6.92 Å². The Morgan fingerprint density at radius 3 is 2.44 bits per heavy atom. The molecule has 4 rings (SSSR count). The highest BCUT2D eigenvalue weighted by molar-refractivity contribution is 5.94. The lowest BCUT2D eigenvalue weighted by atomic mass is 10.0. The predicted molar refractivity (Wildman–Crippen MR) is 106 cm³/mol. The van der Waals surface area contributed by atoms with E-state index in [0.29, 0.717) is 0 Å². The number of rotatable bonds is 4. The average Bonchev–Trinajstić information content (AvgIpc) is 2.67. The number of aryl methyl sites for hydroxylation is 1. The lowest BCUT2D eigenvalue weighted by molar-refractivity contribution is 1.12. The molecule has 1 N–H and O–H groups in total. The number of hydrogen-bond acceptors (Lipinski definition) is 2. The molecule has 1 aromatic heterocycles. The van der Waals surface area contributed by atoms with Gasteiger partial charge in [0, 0.05) is 17.5 Å². The van der Waals surface area contributed by atoms with E-state index in [9.17, 15) is 0 Å². The van der Waals surface area contributed by atoms with Crippen molar-refractivity contribution in [2.24, 2.45) is 0 Å². The fourth-order valence-electron chi connectivity index (χ4n) is 3.07. The van der Waals surface area contributed by atoms with E-state index in [0.717, 1.165) is 29.0 Å². The molecule has 0 aliphatic carbocycles. The summed E-state index contributed by atoms with van der Waals surface area (Å²) in [6.45, 7) is 2.87. The van der Waals surface area contributed by atoms with E-state index in [1.165, 1.54) is 16.5 Å². The van der Waals surface area contributed by atoms with Gasteiger partial charge in [0.15, 0.2) is 0 Å². The Morgan fingerprint density at radius 2 is 1.60 bits per heavy atom. The third kappa shape index (κ3) is 3.38. The number of nitrogens with zero attached hydrogens (tertiary/aromatic N) is 1. The van der Waals surface area contributed by atoms with E-state index < -0.39 is 0 Å². The maximum Gasteiger partial charge on any atom is 0.134 e. The summed E-state index contributed by atoms with van der Waals surface area (Å²) in [7, 11) is 0. The van der Waals surface area contributed by atoms with Crippen LogP contribution in [0.2, 0.25) is 0 Å². The molecule has 4 aromatic rings. The largest absolute Gasteiger partial charge is 0.365 e. The highest BCUT2D eigenvalue weighted by Crippen LogP contribution is 2.28. The van der Waals surface area contributed by atoms with E-state index in [2.05, 4.69) is 91.1 Å². The first kappa shape index (κ1) is 15.4. The van der Waals surface area contributed by atoms with Crippen LogP contribution in [0.5, 0.6) is 0 Å². The second-order valence-electron chi connectivity index (χ2n) is 6.29. The van der Waals surface area contributed by atoms with Crippen LogP contribution >= 0.6 is 0 Å². The van der Waals surface area contributed by atoms with Gasteiger partial charge >= 0.3 is 0 Å². The number of pyridine rings is 1. The van der Waals surface area contributed by atoms with Crippen LogP contribution in [-0.2, 0) is 6.54 Å². The molecule has 0 spiro atoms. The number of benzene rings is 3. The van der Waals surface area contributed by atoms with Gasteiger partial charge in [-0.3, -0.25) is 0 Å². The summed E-state index contributed by atoms with van der Waals surface area (Å²) in [6, 6.07) is 29.5. The minimum absolute atomic E-state index is 0.759. The van der Waals surface area contributed by atoms with Crippen molar-refractivity contribution in [3.63, 3.8) is 0 Å². The molecule has 0 bridgehead atoms. The molecule has 1 heterocycles. The van der Waals surface area contributed by atoms with Crippen LogP contribution in [0.4, 0.5) is 5.82 Å². The van der Waals surface area contributed by atoms with Crippen molar-refractivity contribution in [2.75, 3.05) is 5.32 Å². The van der Waals surface area contributed by atoms with E-state index >= 15 is 0 Å². The van der Waals surface area contributed by atoms with Gasteiger partial charge in [0.2, 0.25) is 0 Å². The Morgan fingerprint density at radius 1 is 0.800 bits per heavy atom. The monoisotopic (exact) mass is 324 g/mol. The normalized spacial score (nSPS) is 10.8. The second kappa shape index (κ2) is 6.78. The summed E-state index contributed by atoms with van der Waals surface area (Å²) < 4.78 is 0. The molecule has 0 aliphatic heterocycles. The molecule has 2 nitrogen and oxygen atoms in total. The van der Waals surface area contributed by atoms with Gasteiger partial charge in [0.05, 0.1) is 5.69 Å². The first-order valence-corrected chi connectivity index (χ1v) is 8.54. The molecule has 3 aromatic carbocycles. The van der Waals surface area contributed by atoms with Crippen LogP contribution in [0.3, 0.4) is 0 Å². The number of aromatic nitrogens is 1. The van der Waals surface area contributed by atoms with Gasteiger partial charge < -0.3 is 5.32 Å². The Hall–Kier alpha value is -3.13. The molecule has 25 heavy (non-hydrogen) atoms. The zero-order valence-electron chi connectivity index (χ0n) is 14.2. The predicted octanol–water partition coefficient (Wildman–Crippen LogP) is 5.82. The zero-order chi connectivity index (χ0) is 17.1. The highest BCUT2D eigenvalue weighted by atomic mass is 15.0. The average molecular weight is 324 g/mol. The second-order valence-corrected chi connectivity index (χ2v) is 6.29. The standard InChI is InChI=1S/C23H20N2/c1-17-8-7-12-20(14-17)22-15-19-11-5-6-13-21(19)23(25-22)24-16-18-9-3-2-4-10-18/h2-15H,16H2,1H3,(H,24,25). The van der Waals surface area contributed by atoms with Crippen LogP contribution in [0.1, 0.15) is 11.1 Å². The zero-order valence-corrected chi connectivity index (χ0v) is 14.2. The summed E-state index contributed by atoms with van der Waals surface area (Å²) in [5.41, 5.74) is 4.63. The maximum absolute atomic E-state index is 4.92. The molecular formula is C23H20N2. The number of fused-ring (bicyclic) bond motifs is 1. The Bertz CT molecular complexity index is 1010. The molecule has 0 radical (unpaired) electrons. The third-order valence-electron chi connectivity index (χ3n) is 4.36. The number of anilines is 1. The van der Waals surface area contributed by atoms with Crippen molar-refractivity contribution in [3.05, 3.63) is 96.1 Å². The summed E-state index contributed by atoms with van der Waals surface area (Å²) >= 11 is 0. The summed E-state index contributed by atoms with van der Waals surface area (Å²) in [5.74, 6) is 0.929. The highest BCUT2D eigenvalue weighted by Gasteiger charge is 2.08. The fourth-order valence-corrected chi connectivity index (χ4v) is 3.07. The molecule has 2 heteroatoms. The minimum Gasteiger partial charge on any atom is -0.365 e. The lowest BCUT2D eigenvalue weighted by Gasteiger charge is -2.12. The van der Waals surface area contributed by atoms with Crippen molar-refractivity contribution in [1.29, 1.82) is 0 Å². The quantitative estimate of drug-likeness (QED) is 0.511. The topological polar surface area (TPSA) is 24.9 Å². The molecule has 0 amide bonds. The van der Waals surface area contributed by atoms with E-state index in [-0.39, 0.29) is 0 Å². The first-order valence-electron chi connectivity index (χ1n) is 8.54. The van der Waals surface area contributed by atoms with Crippen molar-refractivity contribution < 1.29 is 0 Å². The summed E-state index contributed by atoms with van der Waals surface area (Å²) in [4.78, 5) is 4.92. The molecule has 0 saturated heterocycles. The maximum atomic E-state index is 4.92. The lowest BCUT2D eigenvalue weighted by Crippen LogP contribution is -2.03. The van der Waals surface area contributed by atoms with Crippen LogP contribution in [0.15, 0.2) is 84.9 Å². The van der Waals surface area contributed by atoms with Crippen LogP contribution in [-0.4, -0.2) is 4.98 Å². The molecule has 0 saturated carbocycles. The van der Waals surface area contributed by atoms with E-state index in [1.807, 2.05) is 6.07 Å². The van der Waals surface area contributed by atoms with Gasteiger partial charge in [-0.05, 0) is 30.0 Å². The summed E-state index contributed by atoms with van der Waals surface area (Å²) in [6.07, 6.45) is 0. The van der Waals surface area contributed by atoms with Gasteiger partial charge in [-0.2, -0.15) is 0 Å². The SMILES string of the molecule is Cc1cccc(-c2cc3ccccc3c(NCc3ccccc3)n2)c1.